The summed E-state index contributed by atoms with van der Waals surface area (Å²) in [6.07, 6.45) is 0. The summed E-state index contributed by atoms with van der Waals surface area (Å²) in [6.45, 7) is 2.50. The second-order valence-corrected chi connectivity index (χ2v) is 8.26. The van der Waals surface area contributed by atoms with E-state index in [0.29, 0.717) is 18.2 Å². The van der Waals surface area contributed by atoms with E-state index in [1.807, 2.05) is 42.5 Å². The number of anilines is 2. The fraction of sp³-hybridized carbons (Fsp3) is 0.318. The predicted molar refractivity (Wildman–Crippen MR) is 125 cm³/mol. The van der Waals surface area contributed by atoms with Crippen LogP contribution in [-0.4, -0.2) is 68.8 Å². The van der Waals surface area contributed by atoms with E-state index < -0.39 is 0 Å². The average molecular weight is 456 g/mol. The zero-order valence-electron chi connectivity index (χ0n) is 18.0. The van der Waals surface area contributed by atoms with Crippen LogP contribution >= 0.6 is 11.3 Å². The van der Waals surface area contributed by atoms with Crippen molar-refractivity contribution in [1.82, 2.24) is 15.2 Å². The summed E-state index contributed by atoms with van der Waals surface area (Å²) in [5.74, 6) is 1.23. The molecule has 2 heterocycles. The Balaban J connectivity index is 1.23. The van der Waals surface area contributed by atoms with Gasteiger partial charge in [-0.05, 0) is 42.5 Å². The number of piperazine rings is 1. The highest BCUT2D eigenvalue weighted by molar-refractivity contribution is 7.22. The van der Waals surface area contributed by atoms with Gasteiger partial charge in [0, 0.05) is 31.9 Å². The first-order valence-corrected chi connectivity index (χ1v) is 11.0. The molecule has 9 nitrogen and oxygen atoms in total. The summed E-state index contributed by atoms with van der Waals surface area (Å²) in [5.41, 5.74) is 1.88. The largest absolute Gasteiger partial charge is 0.497 e. The number of methoxy groups -OCH3 is 2. The maximum absolute atomic E-state index is 12.5. The number of carbonyl (C=O) groups is 2. The maximum atomic E-state index is 12.5. The summed E-state index contributed by atoms with van der Waals surface area (Å²) in [4.78, 5) is 33.1. The van der Waals surface area contributed by atoms with Gasteiger partial charge in [0.25, 0.3) is 0 Å². The van der Waals surface area contributed by atoms with Gasteiger partial charge in [-0.1, -0.05) is 11.3 Å². The number of hydrogen-bond donors (Lipinski definition) is 2. The van der Waals surface area contributed by atoms with Crippen LogP contribution in [0, 0.1) is 0 Å². The minimum Gasteiger partial charge on any atom is -0.497 e. The van der Waals surface area contributed by atoms with Crippen molar-refractivity contribution < 1.29 is 19.1 Å². The molecule has 1 fully saturated rings. The average Bonchev–Trinajstić information content (AvgIpc) is 3.24. The number of nitrogens with one attached hydrogen (secondary N) is 2. The Morgan fingerprint density at radius 2 is 1.69 bits per heavy atom. The number of nitrogens with zero attached hydrogens (tertiary/aromatic N) is 3. The van der Waals surface area contributed by atoms with E-state index in [4.69, 9.17) is 9.47 Å². The molecule has 2 aromatic carbocycles. The highest BCUT2D eigenvalue weighted by atomic mass is 32.1. The number of carbonyl (C=O) groups excluding carboxylic acids is 2. The molecule has 4 rings (SSSR count). The maximum Gasteiger partial charge on any atom is 0.317 e. The van der Waals surface area contributed by atoms with Crippen LogP contribution in [0.5, 0.6) is 11.5 Å². The van der Waals surface area contributed by atoms with Gasteiger partial charge in [-0.15, -0.1) is 0 Å². The first-order chi connectivity index (χ1) is 15.6. The Hall–Kier alpha value is -3.53. The van der Waals surface area contributed by atoms with E-state index >= 15 is 0 Å². The molecule has 0 atom stereocenters. The molecule has 0 aliphatic carbocycles. The molecule has 1 aliphatic heterocycles. The van der Waals surface area contributed by atoms with Crippen LogP contribution in [0.15, 0.2) is 42.5 Å². The number of amides is 3. The summed E-state index contributed by atoms with van der Waals surface area (Å²) < 4.78 is 11.3. The van der Waals surface area contributed by atoms with Crippen LogP contribution in [0.4, 0.5) is 15.6 Å². The van der Waals surface area contributed by atoms with E-state index in [1.54, 1.807) is 19.1 Å². The van der Waals surface area contributed by atoms with Crippen LogP contribution in [0.3, 0.4) is 0 Å². The zero-order valence-corrected chi connectivity index (χ0v) is 18.8. The van der Waals surface area contributed by atoms with Crippen molar-refractivity contribution in [2.24, 2.45) is 0 Å². The lowest BCUT2D eigenvalue weighted by atomic mass is 10.2. The number of benzene rings is 2. The lowest BCUT2D eigenvalue weighted by molar-refractivity contribution is -0.115. The molecule has 168 valence electrons. The Labute approximate surface area is 189 Å². The summed E-state index contributed by atoms with van der Waals surface area (Å²) >= 11 is 1.36. The molecule has 0 saturated carbocycles. The molecule has 2 N–H and O–H groups in total. The van der Waals surface area contributed by atoms with Gasteiger partial charge < -0.3 is 29.9 Å². The molecule has 1 saturated heterocycles. The van der Waals surface area contributed by atoms with Gasteiger partial charge in [0.2, 0.25) is 5.91 Å². The normalized spacial score (nSPS) is 13.7. The fourth-order valence-corrected chi connectivity index (χ4v) is 4.39. The van der Waals surface area contributed by atoms with Gasteiger partial charge >= 0.3 is 6.03 Å². The van der Waals surface area contributed by atoms with Crippen molar-refractivity contribution in [2.75, 3.05) is 57.2 Å². The van der Waals surface area contributed by atoms with E-state index in [9.17, 15) is 9.59 Å². The van der Waals surface area contributed by atoms with Gasteiger partial charge in [-0.3, -0.25) is 4.79 Å². The molecule has 10 heteroatoms. The van der Waals surface area contributed by atoms with Gasteiger partial charge in [0.05, 0.1) is 31.0 Å². The van der Waals surface area contributed by atoms with Crippen LogP contribution in [0.2, 0.25) is 0 Å². The van der Waals surface area contributed by atoms with Crippen LogP contribution in [0.1, 0.15) is 0 Å². The number of thiazole rings is 1. The third-order valence-electron chi connectivity index (χ3n) is 5.25. The molecule has 0 radical (unpaired) electrons. The minimum atomic E-state index is -0.318. The monoisotopic (exact) mass is 455 g/mol. The standard InChI is InChI=1S/C22H25N5O4S/c1-30-16-5-3-15(4-6-16)26-9-11-27(12-10-26)22(29)23-14-20(28)25-21-24-18-8-7-17(31-2)13-19(18)32-21/h3-8,13H,9-12,14H2,1-2H3,(H,23,29)(H,24,25,28). The van der Waals surface area contributed by atoms with E-state index in [0.717, 1.165) is 40.5 Å². The summed E-state index contributed by atoms with van der Waals surface area (Å²) in [6, 6.07) is 13.2. The van der Waals surface area contributed by atoms with Crippen molar-refractivity contribution in [3.05, 3.63) is 42.5 Å². The number of hydrogen-bond acceptors (Lipinski definition) is 7. The molecular weight excluding hydrogens is 430 g/mol. The first-order valence-electron chi connectivity index (χ1n) is 10.2. The number of urea groups is 1. The Kier molecular flexibility index (Phi) is 6.60. The second kappa shape index (κ2) is 9.73. The third-order valence-corrected chi connectivity index (χ3v) is 6.18. The SMILES string of the molecule is COc1ccc(N2CCN(C(=O)NCC(=O)Nc3nc4ccc(OC)cc4s3)CC2)cc1. The lowest BCUT2D eigenvalue weighted by Gasteiger charge is -2.36. The summed E-state index contributed by atoms with van der Waals surface area (Å²) in [5, 5.41) is 5.92. The molecule has 3 aromatic rings. The van der Waals surface area contributed by atoms with Crippen molar-refractivity contribution in [1.29, 1.82) is 0 Å². The molecule has 0 unspecified atom stereocenters. The molecular formula is C22H25N5O4S. The Bertz CT molecular complexity index is 1090. The molecule has 3 amide bonds. The molecule has 32 heavy (non-hydrogen) atoms. The van der Waals surface area contributed by atoms with E-state index in [2.05, 4.69) is 20.5 Å². The fourth-order valence-electron chi connectivity index (χ4n) is 3.48. The van der Waals surface area contributed by atoms with Gasteiger partial charge in [0.15, 0.2) is 5.13 Å². The van der Waals surface area contributed by atoms with Crippen molar-refractivity contribution in [2.45, 2.75) is 0 Å². The smallest absolute Gasteiger partial charge is 0.317 e. The Morgan fingerprint density at radius 3 is 2.38 bits per heavy atom. The van der Waals surface area contributed by atoms with Crippen molar-refractivity contribution >= 4 is 44.3 Å². The Morgan fingerprint density at radius 1 is 1.00 bits per heavy atom. The zero-order chi connectivity index (χ0) is 22.5. The van der Waals surface area contributed by atoms with Gasteiger partial charge in [-0.25, -0.2) is 9.78 Å². The summed E-state index contributed by atoms with van der Waals surface area (Å²) in [7, 11) is 3.25. The lowest BCUT2D eigenvalue weighted by Crippen LogP contribution is -2.52. The highest BCUT2D eigenvalue weighted by Crippen LogP contribution is 2.29. The van der Waals surface area contributed by atoms with Gasteiger partial charge in [-0.2, -0.15) is 0 Å². The molecule has 1 aliphatic rings. The molecule has 1 aromatic heterocycles. The first kappa shape index (κ1) is 21.7. The van der Waals surface area contributed by atoms with Crippen molar-refractivity contribution in [3.63, 3.8) is 0 Å². The number of rotatable bonds is 6. The van der Waals surface area contributed by atoms with Crippen molar-refractivity contribution in [3.8, 4) is 11.5 Å². The topological polar surface area (TPSA) is 96.0 Å². The minimum absolute atomic E-state index is 0.114. The predicted octanol–water partition coefficient (Wildman–Crippen LogP) is 2.78. The van der Waals surface area contributed by atoms with Crippen LogP contribution in [0.25, 0.3) is 10.2 Å². The third kappa shape index (κ3) is 5.02. The quantitative estimate of drug-likeness (QED) is 0.594. The van der Waals surface area contributed by atoms with E-state index in [1.165, 1.54) is 11.3 Å². The van der Waals surface area contributed by atoms with Crippen LogP contribution < -0.4 is 25.0 Å². The number of ether oxygens (including phenoxy) is 2. The second-order valence-electron chi connectivity index (χ2n) is 7.23. The van der Waals surface area contributed by atoms with Crippen LogP contribution in [-0.2, 0) is 4.79 Å². The molecule has 0 bridgehead atoms. The van der Waals surface area contributed by atoms with E-state index in [-0.39, 0.29) is 18.5 Å². The number of aromatic nitrogens is 1. The highest BCUT2D eigenvalue weighted by Gasteiger charge is 2.21. The molecule has 0 spiro atoms. The number of fused-ring (bicyclic) bond motifs is 1. The van der Waals surface area contributed by atoms with Gasteiger partial charge in [0.1, 0.15) is 11.5 Å².